The van der Waals surface area contributed by atoms with Crippen molar-refractivity contribution in [1.82, 2.24) is 4.31 Å². The minimum Gasteiger partial charge on any atom is -0.212 e. The second kappa shape index (κ2) is 6.31. The number of hydrogen-bond acceptors (Lipinski definition) is 3. The molecule has 0 aromatic heterocycles. The summed E-state index contributed by atoms with van der Waals surface area (Å²) in [6.45, 7) is 3.50. The number of halogens is 1. The Morgan fingerprint density at radius 2 is 2.00 bits per heavy atom. The van der Waals surface area contributed by atoms with Crippen LogP contribution in [0, 0.1) is 17.2 Å². The van der Waals surface area contributed by atoms with Crippen molar-refractivity contribution in [2.45, 2.75) is 26.3 Å². The Morgan fingerprint density at radius 3 is 2.40 bits per heavy atom. The van der Waals surface area contributed by atoms with E-state index < -0.39 is 10.0 Å². The van der Waals surface area contributed by atoms with E-state index >= 15 is 0 Å². The molecule has 0 aromatic rings. The second-order valence-corrected chi connectivity index (χ2v) is 6.15. The minimum atomic E-state index is -3.30. The Balaban J connectivity index is 4.53. The first-order chi connectivity index (χ1) is 6.85. The summed E-state index contributed by atoms with van der Waals surface area (Å²) in [5.41, 5.74) is 0. The maximum absolute atomic E-state index is 11.8. The van der Waals surface area contributed by atoms with E-state index in [-0.39, 0.29) is 24.1 Å². The van der Waals surface area contributed by atoms with E-state index in [1.54, 1.807) is 13.8 Å². The lowest BCUT2D eigenvalue weighted by Gasteiger charge is -2.23. The van der Waals surface area contributed by atoms with Crippen molar-refractivity contribution in [2.75, 3.05) is 18.7 Å². The molecule has 0 saturated carbocycles. The van der Waals surface area contributed by atoms with Gasteiger partial charge >= 0.3 is 0 Å². The normalized spacial score (nSPS) is 16.0. The van der Waals surface area contributed by atoms with Gasteiger partial charge in [0.05, 0.1) is 18.2 Å². The van der Waals surface area contributed by atoms with Crippen LogP contribution in [0.4, 0.5) is 0 Å². The standard InChI is InChI=1S/C9H17ClN2O2S/c1-8(6-10)7-15(13,14)12(3)9(2)4-5-11/h8-9H,4,6-7H2,1-3H3. The van der Waals surface area contributed by atoms with Crippen molar-refractivity contribution in [3.8, 4) is 6.07 Å². The van der Waals surface area contributed by atoms with Gasteiger partial charge in [0.15, 0.2) is 0 Å². The van der Waals surface area contributed by atoms with Gasteiger partial charge in [-0.2, -0.15) is 5.26 Å². The quantitative estimate of drug-likeness (QED) is 0.672. The van der Waals surface area contributed by atoms with E-state index in [9.17, 15) is 8.42 Å². The number of alkyl halides is 1. The highest BCUT2D eigenvalue weighted by molar-refractivity contribution is 7.89. The van der Waals surface area contributed by atoms with Gasteiger partial charge in [-0.25, -0.2) is 12.7 Å². The molecule has 0 aliphatic carbocycles. The first-order valence-corrected chi connectivity index (χ1v) is 6.88. The number of rotatable bonds is 6. The predicted octanol–water partition coefficient (Wildman–Crippen LogP) is 1.43. The zero-order valence-corrected chi connectivity index (χ0v) is 10.8. The van der Waals surface area contributed by atoms with Crippen LogP contribution in [0.5, 0.6) is 0 Å². The van der Waals surface area contributed by atoms with E-state index in [1.807, 2.05) is 6.07 Å². The van der Waals surface area contributed by atoms with E-state index in [1.165, 1.54) is 11.4 Å². The molecule has 15 heavy (non-hydrogen) atoms. The molecule has 6 heteroatoms. The molecule has 0 aromatic carbocycles. The molecule has 0 N–H and O–H groups in total. The van der Waals surface area contributed by atoms with Crippen molar-refractivity contribution < 1.29 is 8.42 Å². The van der Waals surface area contributed by atoms with Gasteiger partial charge in [-0.15, -0.1) is 11.6 Å². The fourth-order valence-electron chi connectivity index (χ4n) is 1.06. The van der Waals surface area contributed by atoms with Crippen LogP contribution in [0.25, 0.3) is 0 Å². The Kier molecular flexibility index (Phi) is 6.18. The number of sulfonamides is 1. The molecule has 2 atom stereocenters. The third-order valence-corrected chi connectivity index (χ3v) is 4.96. The number of hydrogen-bond donors (Lipinski definition) is 0. The van der Waals surface area contributed by atoms with Crippen LogP contribution in [-0.2, 0) is 10.0 Å². The summed E-state index contributed by atoms with van der Waals surface area (Å²) in [5.74, 6) is 0.274. The molecule has 88 valence electrons. The number of nitrogens with zero attached hydrogens (tertiary/aromatic N) is 2. The van der Waals surface area contributed by atoms with Crippen LogP contribution in [0.15, 0.2) is 0 Å². The molecule has 0 fully saturated rings. The molecule has 0 saturated heterocycles. The van der Waals surface area contributed by atoms with Crippen molar-refractivity contribution >= 4 is 21.6 Å². The first kappa shape index (κ1) is 14.7. The third kappa shape index (κ3) is 4.83. The van der Waals surface area contributed by atoms with Crippen LogP contribution >= 0.6 is 11.6 Å². The van der Waals surface area contributed by atoms with E-state index in [2.05, 4.69) is 0 Å². The summed E-state index contributed by atoms with van der Waals surface area (Å²) in [6, 6.07) is 1.67. The van der Waals surface area contributed by atoms with Gasteiger partial charge in [-0.3, -0.25) is 0 Å². The summed E-state index contributed by atoms with van der Waals surface area (Å²) in [4.78, 5) is 0. The highest BCUT2D eigenvalue weighted by atomic mass is 35.5. The molecule has 0 radical (unpaired) electrons. The molecular weight excluding hydrogens is 236 g/mol. The Bertz CT molecular complexity index is 323. The molecule has 2 unspecified atom stereocenters. The lowest BCUT2D eigenvalue weighted by molar-refractivity contribution is 0.390. The first-order valence-electron chi connectivity index (χ1n) is 4.73. The van der Waals surface area contributed by atoms with Gasteiger partial charge in [-0.1, -0.05) is 6.92 Å². The maximum Gasteiger partial charge on any atom is 0.214 e. The van der Waals surface area contributed by atoms with Gasteiger partial charge in [0.2, 0.25) is 10.0 Å². The smallest absolute Gasteiger partial charge is 0.212 e. The van der Waals surface area contributed by atoms with Crippen LogP contribution in [0.1, 0.15) is 20.3 Å². The topological polar surface area (TPSA) is 61.2 Å². The summed E-state index contributed by atoms with van der Waals surface area (Å²) < 4.78 is 24.8. The van der Waals surface area contributed by atoms with Crippen LogP contribution in [0.2, 0.25) is 0 Å². The molecular formula is C9H17ClN2O2S. The fourth-order valence-corrected chi connectivity index (χ4v) is 2.99. The van der Waals surface area contributed by atoms with Crippen LogP contribution < -0.4 is 0 Å². The Hall–Kier alpha value is -0.310. The molecule has 0 heterocycles. The van der Waals surface area contributed by atoms with Crippen LogP contribution in [-0.4, -0.2) is 37.4 Å². The molecule has 0 aliphatic heterocycles. The largest absolute Gasteiger partial charge is 0.214 e. The highest BCUT2D eigenvalue weighted by Gasteiger charge is 2.24. The van der Waals surface area contributed by atoms with Gasteiger partial charge in [0.1, 0.15) is 0 Å². The molecule has 4 nitrogen and oxygen atoms in total. The lowest BCUT2D eigenvalue weighted by atomic mass is 10.3. The van der Waals surface area contributed by atoms with Gasteiger partial charge in [0, 0.05) is 19.0 Å². The lowest BCUT2D eigenvalue weighted by Crippen LogP contribution is -2.38. The average molecular weight is 253 g/mol. The predicted molar refractivity (Wildman–Crippen MR) is 61.1 cm³/mol. The van der Waals surface area contributed by atoms with Gasteiger partial charge in [0.25, 0.3) is 0 Å². The van der Waals surface area contributed by atoms with E-state index in [0.717, 1.165) is 0 Å². The molecule has 0 aliphatic rings. The monoisotopic (exact) mass is 252 g/mol. The molecule has 0 spiro atoms. The Labute approximate surface area is 96.9 Å². The summed E-state index contributed by atoms with van der Waals surface area (Å²) in [6.07, 6.45) is 0.199. The van der Waals surface area contributed by atoms with E-state index in [0.29, 0.717) is 5.88 Å². The molecule has 0 amide bonds. The number of nitriles is 1. The second-order valence-electron chi connectivity index (χ2n) is 3.77. The van der Waals surface area contributed by atoms with Crippen molar-refractivity contribution in [3.05, 3.63) is 0 Å². The fraction of sp³-hybridized carbons (Fsp3) is 0.889. The zero-order chi connectivity index (χ0) is 12.1. The summed E-state index contributed by atoms with van der Waals surface area (Å²) >= 11 is 5.57. The SMILES string of the molecule is CC(CCl)CS(=O)(=O)N(C)C(C)CC#N. The highest BCUT2D eigenvalue weighted by Crippen LogP contribution is 2.11. The van der Waals surface area contributed by atoms with E-state index in [4.69, 9.17) is 16.9 Å². The zero-order valence-electron chi connectivity index (χ0n) is 9.27. The summed E-state index contributed by atoms with van der Waals surface area (Å²) in [7, 11) is -1.80. The molecule has 0 bridgehead atoms. The van der Waals surface area contributed by atoms with Crippen molar-refractivity contribution in [1.29, 1.82) is 5.26 Å². The van der Waals surface area contributed by atoms with Crippen molar-refractivity contribution in [3.63, 3.8) is 0 Å². The van der Waals surface area contributed by atoms with Crippen molar-refractivity contribution in [2.24, 2.45) is 5.92 Å². The minimum absolute atomic E-state index is 0.0305. The van der Waals surface area contributed by atoms with Gasteiger partial charge in [-0.05, 0) is 12.8 Å². The van der Waals surface area contributed by atoms with Crippen LogP contribution in [0.3, 0.4) is 0 Å². The molecule has 0 rings (SSSR count). The maximum atomic E-state index is 11.8. The van der Waals surface area contributed by atoms with Gasteiger partial charge < -0.3 is 0 Å². The summed E-state index contributed by atoms with van der Waals surface area (Å²) in [5, 5.41) is 8.49. The average Bonchev–Trinajstić information content (AvgIpc) is 2.16. The third-order valence-electron chi connectivity index (χ3n) is 2.20. The Morgan fingerprint density at radius 1 is 1.47 bits per heavy atom.